The Balaban J connectivity index is 0.000000771. The number of hydrogen-bond acceptors (Lipinski definition) is 4. The van der Waals surface area contributed by atoms with Gasteiger partial charge < -0.3 is 10.4 Å². The molecule has 29 heavy (non-hydrogen) atoms. The van der Waals surface area contributed by atoms with E-state index in [0.717, 1.165) is 40.8 Å². The van der Waals surface area contributed by atoms with E-state index in [4.69, 9.17) is 33.1 Å². The fraction of sp³-hybridized carbons (Fsp3) is 0.381. The molecular formula is C21H28Cl2N4O2. The van der Waals surface area contributed by atoms with Crippen molar-refractivity contribution >= 4 is 46.4 Å². The van der Waals surface area contributed by atoms with Gasteiger partial charge in [0.05, 0.1) is 16.7 Å². The van der Waals surface area contributed by atoms with Gasteiger partial charge >= 0.3 is 0 Å². The zero-order chi connectivity index (χ0) is 21.6. The van der Waals surface area contributed by atoms with E-state index < -0.39 is 0 Å². The second-order valence-corrected chi connectivity index (χ2v) is 6.76. The Morgan fingerprint density at radius 3 is 2.52 bits per heavy atom. The molecule has 0 saturated heterocycles. The predicted molar refractivity (Wildman–Crippen MR) is 122 cm³/mol. The van der Waals surface area contributed by atoms with Crippen LogP contribution in [0.1, 0.15) is 46.5 Å². The van der Waals surface area contributed by atoms with E-state index in [2.05, 4.69) is 27.4 Å². The Morgan fingerprint density at radius 2 is 1.90 bits per heavy atom. The molecule has 3 N–H and O–H groups in total. The summed E-state index contributed by atoms with van der Waals surface area (Å²) in [5.41, 5.74) is 2.74. The molecule has 6 nitrogen and oxygen atoms in total. The molecule has 8 heteroatoms. The quantitative estimate of drug-likeness (QED) is 0.283. The molecule has 0 fully saturated rings. The number of nitrogens with one attached hydrogen (secondary N) is 2. The van der Waals surface area contributed by atoms with Crippen LogP contribution in [0.25, 0.3) is 22.0 Å². The molecule has 0 radical (unpaired) electrons. The third-order valence-electron chi connectivity index (χ3n) is 3.98. The summed E-state index contributed by atoms with van der Waals surface area (Å²) in [6, 6.07) is 5.64. The molecule has 0 aliphatic rings. The minimum absolute atomic E-state index is 0.250. The monoisotopic (exact) mass is 438 g/mol. The number of unbranched alkanes of at least 4 members (excludes halogenated alkanes) is 3. The fourth-order valence-corrected chi connectivity index (χ4v) is 3.28. The van der Waals surface area contributed by atoms with Gasteiger partial charge in [-0.1, -0.05) is 63.2 Å². The zero-order valence-electron chi connectivity index (χ0n) is 17.0. The van der Waals surface area contributed by atoms with E-state index in [-0.39, 0.29) is 6.47 Å². The maximum absolute atomic E-state index is 8.36. The van der Waals surface area contributed by atoms with Crippen LogP contribution in [0.3, 0.4) is 0 Å². The first kappa shape index (κ1) is 24.7. The Morgan fingerprint density at radius 1 is 1.17 bits per heavy atom. The maximum Gasteiger partial charge on any atom is 0.290 e. The molecule has 0 saturated carbocycles. The van der Waals surface area contributed by atoms with Gasteiger partial charge in [-0.25, -0.2) is 4.98 Å². The van der Waals surface area contributed by atoms with Crippen molar-refractivity contribution in [3.8, 4) is 11.1 Å². The standard InChI is InChI=1S/C18H20Cl2N4.C2H6.CH2O2/c1-2-3-4-5-6-21-17-9-14(12-10-22-23-11-12)15-7-13(19)8-16(20)18(15)24-17;1-2;2-1-3/h7-11H,2-6H2,1H3,(H,21,24)(H,22,23);1-2H3;1H,(H,2,3). The molecule has 0 amide bonds. The topological polar surface area (TPSA) is 90.9 Å². The number of H-pyrrole nitrogens is 1. The predicted octanol–water partition coefficient (Wildman–Crippen LogP) is 6.65. The van der Waals surface area contributed by atoms with E-state index in [1.165, 1.54) is 19.3 Å². The van der Waals surface area contributed by atoms with Crippen LogP contribution in [0.2, 0.25) is 10.0 Å². The highest BCUT2D eigenvalue weighted by Crippen LogP contribution is 2.35. The van der Waals surface area contributed by atoms with Gasteiger partial charge in [0.2, 0.25) is 0 Å². The number of carboxylic acid groups (broad SMARTS) is 1. The number of benzene rings is 1. The highest BCUT2D eigenvalue weighted by molar-refractivity contribution is 6.38. The zero-order valence-corrected chi connectivity index (χ0v) is 18.5. The Kier molecular flexibility index (Phi) is 11.8. The van der Waals surface area contributed by atoms with E-state index in [0.29, 0.717) is 10.0 Å². The van der Waals surface area contributed by atoms with Gasteiger partial charge in [0.15, 0.2) is 0 Å². The lowest BCUT2D eigenvalue weighted by Crippen LogP contribution is -2.04. The van der Waals surface area contributed by atoms with Gasteiger partial charge in [-0.15, -0.1) is 0 Å². The second-order valence-electron chi connectivity index (χ2n) is 5.92. The molecule has 0 spiro atoms. The normalized spacial score (nSPS) is 9.83. The van der Waals surface area contributed by atoms with Crippen LogP contribution in [-0.2, 0) is 4.79 Å². The largest absolute Gasteiger partial charge is 0.483 e. The Hall–Kier alpha value is -2.31. The highest BCUT2D eigenvalue weighted by Gasteiger charge is 2.12. The first-order valence-electron chi connectivity index (χ1n) is 9.71. The number of aromatic amines is 1. The summed E-state index contributed by atoms with van der Waals surface area (Å²) < 4.78 is 0. The van der Waals surface area contributed by atoms with Crippen LogP contribution in [0, 0.1) is 0 Å². The van der Waals surface area contributed by atoms with Crippen LogP contribution >= 0.6 is 23.2 Å². The summed E-state index contributed by atoms with van der Waals surface area (Å²) >= 11 is 12.5. The van der Waals surface area contributed by atoms with E-state index in [1.54, 1.807) is 12.3 Å². The molecule has 1 aromatic carbocycles. The molecule has 3 aromatic rings. The minimum atomic E-state index is -0.250. The average Bonchev–Trinajstić information content (AvgIpc) is 3.24. The highest BCUT2D eigenvalue weighted by atomic mass is 35.5. The van der Waals surface area contributed by atoms with Crippen LogP contribution in [0.15, 0.2) is 30.6 Å². The number of hydrogen-bond donors (Lipinski definition) is 3. The van der Waals surface area contributed by atoms with Gasteiger partial charge in [0.1, 0.15) is 5.82 Å². The van der Waals surface area contributed by atoms with Crippen LogP contribution < -0.4 is 5.32 Å². The lowest BCUT2D eigenvalue weighted by atomic mass is 10.0. The molecule has 0 aliphatic carbocycles. The molecule has 2 heterocycles. The number of halogens is 2. The summed E-state index contributed by atoms with van der Waals surface area (Å²) in [5, 5.41) is 19.3. The van der Waals surface area contributed by atoms with Crippen molar-refractivity contribution in [2.75, 3.05) is 11.9 Å². The molecule has 0 bridgehead atoms. The number of rotatable bonds is 7. The summed E-state index contributed by atoms with van der Waals surface area (Å²) in [5.74, 6) is 0.819. The first-order chi connectivity index (χ1) is 14.1. The van der Waals surface area contributed by atoms with Crippen LogP contribution in [0.4, 0.5) is 5.82 Å². The average molecular weight is 439 g/mol. The number of anilines is 1. The maximum atomic E-state index is 8.36. The van der Waals surface area contributed by atoms with Crippen molar-refractivity contribution < 1.29 is 9.90 Å². The van der Waals surface area contributed by atoms with Gasteiger partial charge in [-0.05, 0) is 30.2 Å². The number of carbonyl (C=O) groups is 1. The van der Waals surface area contributed by atoms with Crippen molar-refractivity contribution in [2.45, 2.75) is 46.5 Å². The number of pyridine rings is 1. The van der Waals surface area contributed by atoms with Crippen LogP contribution in [0.5, 0.6) is 0 Å². The van der Waals surface area contributed by atoms with Gasteiger partial charge in [-0.3, -0.25) is 9.89 Å². The van der Waals surface area contributed by atoms with E-state index in [1.807, 2.05) is 32.2 Å². The summed E-state index contributed by atoms with van der Waals surface area (Å²) in [7, 11) is 0. The lowest BCUT2D eigenvalue weighted by molar-refractivity contribution is -0.122. The number of nitrogens with zero attached hydrogens (tertiary/aromatic N) is 2. The van der Waals surface area contributed by atoms with Crippen molar-refractivity contribution in [1.29, 1.82) is 0 Å². The van der Waals surface area contributed by atoms with Gasteiger partial charge in [-0.2, -0.15) is 5.10 Å². The van der Waals surface area contributed by atoms with Gasteiger partial charge in [0, 0.05) is 28.7 Å². The first-order valence-corrected chi connectivity index (χ1v) is 10.5. The second kappa shape index (κ2) is 13.8. The van der Waals surface area contributed by atoms with E-state index in [9.17, 15) is 0 Å². The lowest BCUT2D eigenvalue weighted by Gasteiger charge is -2.12. The molecule has 0 atom stereocenters. The Labute approximate surface area is 181 Å². The molecule has 0 unspecified atom stereocenters. The molecular weight excluding hydrogens is 411 g/mol. The molecule has 3 rings (SSSR count). The van der Waals surface area contributed by atoms with Crippen molar-refractivity contribution in [3.63, 3.8) is 0 Å². The smallest absolute Gasteiger partial charge is 0.290 e. The SMILES string of the molecule is CC.CCCCCCNc1cc(-c2cn[nH]c2)c2cc(Cl)cc(Cl)c2n1.O=CO. The number of fused-ring (bicyclic) bond motifs is 1. The molecule has 2 aromatic heterocycles. The van der Waals surface area contributed by atoms with Gasteiger partial charge in [0.25, 0.3) is 6.47 Å². The van der Waals surface area contributed by atoms with Crippen molar-refractivity contribution in [1.82, 2.24) is 15.2 Å². The minimum Gasteiger partial charge on any atom is -0.483 e. The molecule has 158 valence electrons. The summed E-state index contributed by atoms with van der Waals surface area (Å²) in [4.78, 5) is 13.0. The van der Waals surface area contributed by atoms with E-state index >= 15 is 0 Å². The Bertz CT molecular complexity index is 871. The number of aromatic nitrogens is 3. The van der Waals surface area contributed by atoms with Crippen molar-refractivity contribution in [3.05, 3.63) is 40.6 Å². The third kappa shape index (κ3) is 7.55. The molecule has 0 aliphatic heterocycles. The third-order valence-corrected chi connectivity index (χ3v) is 4.48. The van der Waals surface area contributed by atoms with Crippen LogP contribution in [-0.4, -0.2) is 33.3 Å². The van der Waals surface area contributed by atoms with Crippen molar-refractivity contribution in [2.24, 2.45) is 0 Å². The fourth-order valence-electron chi connectivity index (χ4n) is 2.75. The summed E-state index contributed by atoms with van der Waals surface area (Å²) in [6.07, 6.45) is 8.49. The summed E-state index contributed by atoms with van der Waals surface area (Å²) in [6.45, 7) is 6.86.